The maximum absolute atomic E-state index is 12.4. The predicted molar refractivity (Wildman–Crippen MR) is 136 cm³/mol. The average Bonchev–Trinajstić information content (AvgIpc) is 3.51. The van der Waals surface area contributed by atoms with Crippen LogP contribution in [0.15, 0.2) is 54.7 Å². The third-order valence-electron chi connectivity index (χ3n) is 7.49. The molecule has 2 aromatic carbocycles. The number of aromatic nitrogens is 2. The maximum atomic E-state index is 12.4. The van der Waals surface area contributed by atoms with Crippen molar-refractivity contribution in [1.29, 1.82) is 0 Å². The first-order valence-corrected chi connectivity index (χ1v) is 13.0. The molecule has 0 amide bonds. The number of nitrogens with zero attached hydrogens (tertiary/aromatic N) is 4. The van der Waals surface area contributed by atoms with Crippen molar-refractivity contribution in [3.8, 4) is 23.3 Å². The number of ether oxygens (including phenoxy) is 4. The molecule has 40 heavy (non-hydrogen) atoms. The van der Waals surface area contributed by atoms with Gasteiger partial charge < -0.3 is 34.0 Å². The summed E-state index contributed by atoms with van der Waals surface area (Å²) in [6.07, 6.45) is 0.346. The standard InChI is InChI=1S/C27H27F3N4O6/c1-26(15-32-14-24(34(35)36)31-25(32)40-26)16-37-20-6-4-17(5-7-20)33-18-2-3-19(33)13-23(12-18)38-21-8-10-22(11-9-21)39-27(28,29)30/h4-11,14,18-19,23H,2-3,12-13,15-16H2,1H3/t18?,19?,23?,26-/m1/s1. The first-order valence-electron chi connectivity index (χ1n) is 13.0. The number of imidazole rings is 1. The Bertz CT molecular complexity index is 1340. The molecular weight excluding hydrogens is 533 g/mol. The van der Waals surface area contributed by atoms with Crippen LogP contribution in [0, 0.1) is 10.1 Å². The highest BCUT2D eigenvalue weighted by Crippen LogP contribution is 2.41. The Morgan fingerprint density at radius 2 is 1.68 bits per heavy atom. The van der Waals surface area contributed by atoms with Gasteiger partial charge in [0.1, 0.15) is 36.2 Å². The Morgan fingerprint density at radius 1 is 1.05 bits per heavy atom. The molecule has 2 fully saturated rings. The van der Waals surface area contributed by atoms with E-state index in [9.17, 15) is 23.3 Å². The van der Waals surface area contributed by atoms with E-state index in [1.165, 1.54) is 30.5 Å². The number of nitro groups is 1. The third-order valence-corrected chi connectivity index (χ3v) is 7.49. The van der Waals surface area contributed by atoms with E-state index in [2.05, 4.69) is 14.6 Å². The summed E-state index contributed by atoms with van der Waals surface area (Å²) in [4.78, 5) is 16.7. The lowest BCUT2D eigenvalue weighted by molar-refractivity contribution is -0.389. The smallest absolute Gasteiger partial charge is 0.490 e. The molecule has 0 radical (unpaired) electrons. The Morgan fingerprint density at radius 3 is 2.27 bits per heavy atom. The summed E-state index contributed by atoms with van der Waals surface area (Å²) < 4.78 is 60.7. The molecule has 13 heteroatoms. The number of anilines is 1. The molecule has 10 nitrogen and oxygen atoms in total. The van der Waals surface area contributed by atoms with Crippen LogP contribution in [0.2, 0.25) is 0 Å². The highest BCUT2D eigenvalue weighted by Gasteiger charge is 2.43. The second-order valence-corrected chi connectivity index (χ2v) is 10.6. The third kappa shape index (κ3) is 5.45. The Hall–Kier alpha value is -4.16. The van der Waals surface area contributed by atoms with Crippen LogP contribution in [0.5, 0.6) is 23.3 Å². The monoisotopic (exact) mass is 560 g/mol. The van der Waals surface area contributed by atoms with E-state index in [-0.39, 0.29) is 30.3 Å². The van der Waals surface area contributed by atoms with Gasteiger partial charge in [-0.15, -0.1) is 13.2 Å². The summed E-state index contributed by atoms with van der Waals surface area (Å²) in [6, 6.07) is 14.3. The number of rotatable bonds is 8. The number of benzene rings is 2. The van der Waals surface area contributed by atoms with Crippen molar-refractivity contribution >= 4 is 11.5 Å². The molecule has 0 saturated carbocycles. The number of fused-ring (bicyclic) bond motifs is 3. The SMILES string of the molecule is C[C@]1(COc2ccc(N3C4CCC3CC(Oc3ccc(OC(F)(F)F)cc3)C4)cc2)Cn2cc([N+](=O)[O-])nc2O1. The number of hydrogen-bond acceptors (Lipinski definition) is 8. The molecule has 0 spiro atoms. The molecule has 3 aliphatic rings. The number of hydrogen-bond donors (Lipinski definition) is 0. The predicted octanol–water partition coefficient (Wildman–Crippen LogP) is 5.50. The minimum absolute atomic E-state index is 0.0194. The van der Waals surface area contributed by atoms with Crippen molar-refractivity contribution in [3.05, 3.63) is 64.8 Å². The van der Waals surface area contributed by atoms with Gasteiger partial charge in [0.2, 0.25) is 0 Å². The van der Waals surface area contributed by atoms with Gasteiger partial charge in [-0.3, -0.25) is 4.57 Å². The van der Waals surface area contributed by atoms with Gasteiger partial charge in [0, 0.05) is 35.6 Å². The topological polar surface area (TPSA) is 101 Å². The Balaban J connectivity index is 1.02. The largest absolute Gasteiger partial charge is 0.573 e. The second kappa shape index (κ2) is 9.79. The minimum Gasteiger partial charge on any atom is -0.490 e. The molecule has 2 unspecified atom stereocenters. The normalized spacial score (nSPS) is 25.3. The first kappa shape index (κ1) is 26.1. The Kier molecular flexibility index (Phi) is 6.38. The molecule has 6 rings (SSSR count). The van der Waals surface area contributed by atoms with Gasteiger partial charge in [-0.2, -0.15) is 0 Å². The molecule has 0 aliphatic carbocycles. The van der Waals surface area contributed by atoms with E-state index >= 15 is 0 Å². The quantitative estimate of drug-likeness (QED) is 0.263. The zero-order valence-corrected chi connectivity index (χ0v) is 21.5. The lowest BCUT2D eigenvalue weighted by Gasteiger charge is -2.40. The molecule has 0 N–H and O–H groups in total. The summed E-state index contributed by atoms with van der Waals surface area (Å²) in [5.74, 6) is 0.695. The molecule has 1 aromatic heterocycles. The van der Waals surface area contributed by atoms with E-state index in [0.717, 1.165) is 31.4 Å². The summed E-state index contributed by atoms with van der Waals surface area (Å²) >= 11 is 0. The average molecular weight is 561 g/mol. The van der Waals surface area contributed by atoms with Crippen LogP contribution in [-0.2, 0) is 6.54 Å². The second-order valence-electron chi connectivity index (χ2n) is 10.6. The molecule has 4 heterocycles. The number of alkyl halides is 3. The minimum atomic E-state index is -4.72. The molecule has 212 valence electrons. The van der Waals surface area contributed by atoms with Crippen LogP contribution in [-0.4, -0.2) is 51.2 Å². The van der Waals surface area contributed by atoms with Crippen molar-refractivity contribution in [1.82, 2.24) is 9.55 Å². The van der Waals surface area contributed by atoms with E-state index in [0.29, 0.717) is 30.1 Å². The fourth-order valence-corrected chi connectivity index (χ4v) is 5.86. The summed E-state index contributed by atoms with van der Waals surface area (Å²) in [7, 11) is 0. The van der Waals surface area contributed by atoms with Crippen LogP contribution in [0.1, 0.15) is 32.6 Å². The molecular formula is C27H27F3N4O6. The molecule has 2 saturated heterocycles. The van der Waals surface area contributed by atoms with Crippen LogP contribution < -0.4 is 23.8 Å². The van der Waals surface area contributed by atoms with Gasteiger partial charge in [0.05, 0.1) is 6.54 Å². The molecule has 2 bridgehead atoms. The fourth-order valence-electron chi connectivity index (χ4n) is 5.86. The van der Waals surface area contributed by atoms with E-state index < -0.39 is 16.9 Å². The first-order chi connectivity index (χ1) is 19.0. The van der Waals surface area contributed by atoms with Crippen molar-refractivity contribution in [3.63, 3.8) is 0 Å². The van der Waals surface area contributed by atoms with Gasteiger partial charge in [0.25, 0.3) is 0 Å². The van der Waals surface area contributed by atoms with Crippen LogP contribution in [0.25, 0.3) is 0 Å². The zero-order chi connectivity index (χ0) is 28.1. The van der Waals surface area contributed by atoms with Gasteiger partial charge in [-0.1, -0.05) is 0 Å². The van der Waals surface area contributed by atoms with E-state index in [1.807, 2.05) is 31.2 Å². The van der Waals surface area contributed by atoms with E-state index in [4.69, 9.17) is 14.2 Å². The number of piperidine rings is 1. The molecule has 3 aromatic rings. The van der Waals surface area contributed by atoms with Gasteiger partial charge in [-0.05, 0) is 73.2 Å². The van der Waals surface area contributed by atoms with Crippen LogP contribution >= 0.6 is 0 Å². The van der Waals surface area contributed by atoms with Crippen LogP contribution in [0.3, 0.4) is 0 Å². The van der Waals surface area contributed by atoms with Crippen molar-refractivity contribution in [2.45, 2.75) is 69.3 Å². The van der Waals surface area contributed by atoms with Gasteiger partial charge >= 0.3 is 18.2 Å². The maximum Gasteiger partial charge on any atom is 0.573 e. The Labute approximate surface area is 227 Å². The highest BCUT2D eigenvalue weighted by atomic mass is 19.4. The lowest BCUT2D eigenvalue weighted by Crippen LogP contribution is -2.46. The van der Waals surface area contributed by atoms with Crippen molar-refractivity contribution < 1.29 is 37.0 Å². The summed E-state index contributed by atoms with van der Waals surface area (Å²) in [5.41, 5.74) is 0.408. The highest BCUT2D eigenvalue weighted by molar-refractivity contribution is 5.52. The lowest BCUT2D eigenvalue weighted by atomic mass is 9.98. The number of halogens is 3. The molecule has 3 atom stereocenters. The summed E-state index contributed by atoms with van der Waals surface area (Å²) in [5, 5.41) is 10.9. The summed E-state index contributed by atoms with van der Waals surface area (Å²) in [6.45, 7) is 2.52. The zero-order valence-electron chi connectivity index (χ0n) is 21.5. The van der Waals surface area contributed by atoms with E-state index in [1.54, 1.807) is 4.57 Å². The fraction of sp³-hybridized carbons (Fsp3) is 0.444. The van der Waals surface area contributed by atoms with Crippen LogP contribution in [0.4, 0.5) is 24.7 Å². The van der Waals surface area contributed by atoms with Crippen molar-refractivity contribution in [2.75, 3.05) is 11.5 Å². The molecule has 3 aliphatic heterocycles. The van der Waals surface area contributed by atoms with Crippen molar-refractivity contribution in [2.24, 2.45) is 0 Å². The van der Waals surface area contributed by atoms with Gasteiger partial charge in [0.15, 0.2) is 5.60 Å². The van der Waals surface area contributed by atoms with Gasteiger partial charge in [-0.25, -0.2) is 0 Å².